The Kier molecular flexibility index (Phi) is 4.75. The van der Waals surface area contributed by atoms with Gasteiger partial charge in [0.15, 0.2) is 0 Å². The van der Waals surface area contributed by atoms with Gasteiger partial charge in [-0.15, -0.1) is 0 Å². The van der Waals surface area contributed by atoms with Crippen LogP contribution in [0.15, 0.2) is 42.6 Å². The summed E-state index contributed by atoms with van der Waals surface area (Å²) in [6.45, 7) is 2.26. The topological polar surface area (TPSA) is 70.8 Å². The molecule has 1 spiro atoms. The average Bonchev–Trinajstić information content (AvgIpc) is 3.06. The summed E-state index contributed by atoms with van der Waals surface area (Å²) >= 11 is 0. The van der Waals surface area contributed by atoms with Gasteiger partial charge in [0.1, 0.15) is 5.75 Å². The largest absolute Gasteiger partial charge is 0.497 e. The Labute approximate surface area is 181 Å². The standard InChI is InChI=1S/C24H28N4O3/c1-26-13-24(14-26)15-28(21(30)10-16-6-4-5-9-25-16)20(12-29)23-22(24)18-8-7-17(31-3)11-19(18)27(23)2/h4-9,11,20,29H,10,12-15H2,1-3H3/t20-/m1/s1. The van der Waals surface area contributed by atoms with Crippen molar-refractivity contribution in [2.24, 2.45) is 7.05 Å². The zero-order valence-electron chi connectivity index (χ0n) is 18.2. The second-order valence-corrected chi connectivity index (χ2v) is 8.87. The minimum absolute atomic E-state index is 0.000153. The molecule has 1 amide bonds. The normalized spacial score (nSPS) is 20.0. The molecule has 1 fully saturated rings. The predicted molar refractivity (Wildman–Crippen MR) is 118 cm³/mol. The molecule has 0 bridgehead atoms. The van der Waals surface area contributed by atoms with E-state index < -0.39 is 0 Å². The van der Waals surface area contributed by atoms with Gasteiger partial charge in [-0.3, -0.25) is 9.78 Å². The van der Waals surface area contributed by atoms with Gasteiger partial charge in [0.05, 0.1) is 31.7 Å². The minimum Gasteiger partial charge on any atom is -0.497 e. The summed E-state index contributed by atoms with van der Waals surface area (Å²) in [6.07, 6.45) is 1.94. The molecule has 1 saturated heterocycles. The summed E-state index contributed by atoms with van der Waals surface area (Å²) in [5.41, 5.74) is 3.97. The van der Waals surface area contributed by atoms with Crippen LogP contribution in [0.2, 0.25) is 0 Å². The van der Waals surface area contributed by atoms with Crippen molar-refractivity contribution in [3.8, 4) is 5.75 Å². The lowest BCUT2D eigenvalue weighted by Crippen LogP contribution is -2.66. The van der Waals surface area contributed by atoms with Crippen molar-refractivity contribution in [3.63, 3.8) is 0 Å². The summed E-state index contributed by atoms with van der Waals surface area (Å²) in [7, 11) is 5.80. The number of aliphatic hydroxyl groups excluding tert-OH is 1. The molecule has 0 saturated carbocycles. The van der Waals surface area contributed by atoms with Crippen molar-refractivity contribution in [2.45, 2.75) is 17.9 Å². The predicted octanol–water partition coefficient (Wildman–Crippen LogP) is 1.88. The summed E-state index contributed by atoms with van der Waals surface area (Å²) < 4.78 is 7.59. The Morgan fingerprint density at radius 3 is 2.68 bits per heavy atom. The highest BCUT2D eigenvalue weighted by Crippen LogP contribution is 2.49. The number of aliphatic hydroxyl groups is 1. The van der Waals surface area contributed by atoms with Gasteiger partial charge in [-0.1, -0.05) is 6.07 Å². The van der Waals surface area contributed by atoms with E-state index in [0.29, 0.717) is 6.54 Å². The van der Waals surface area contributed by atoms with Gasteiger partial charge in [-0.25, -0.2) is 0 Å². The number of likely N-dealkylation sites (tertiary alicyclic amines) is 1. The Morgan fingerprint density at radius 1 is 1.23 bits per heavy atom. The van der Waals surface area contributed by atoms with E-state index in [2.05, 4.69) is 27.6 Å². The van der Waals surface area contributed by atoms with E-state index in [-0.39, 0.29) is 30.4 Å². The number of nitrogens with zero attached hydrogens (tertiary/aromatic N) is 4. The molecule has 2 aromatic heterocycles. The van der Waals surface area contributed by atoms with Crippen LogP contribution in [0.25, 0.3) is 10.9 Å². The van der Waals surface area contributed by atoms with Gasteiger partial charge in [0, 0.05) is 61.1 Å². The maximum absolute atomic E-state index is 13.4. The monoisotopic (exact) mass is 420 g/mol. The van der Waals surface area contributed by atoms with Crippen LogP contribution >= 0.6 is 0 Å². The van der Waals surface area contributed by atoms with Crippen LogP contribution in [0, 0.1) is 0 Å². The average molecular weight is 421 g/mol. The van der Waals surface area contributed by atoms with Crippen LogP contribution < -0.4 is 4.74 Å². The Morgan fingerprint density at radius 2 is 2.03 bits per heavy atom. The van der Waals surface area contributed by atoms with Crippen molar-refractivity contribution < 1.29 is 14.6 Å². The lowest BCUT2D eigenvalue weighted by Gasteiger charge is -2.55. The first-order chi connectivity index (χ1) is 15.0. The molecule has 5 rings (SSSR count). The summed E-state index contributed by atoms with van der Waals surface area (Å²) in [6, 6.07) is 11.4. The second-order valence-electron chi connectivity index (χ2n) is 8.87. The highest BCUT2D eigenvalue weighted by molar-refractivity contribution is 5.90. The quantitative estimate of drug-likeness (QED) is 0.698. The number of pyridine rings is 1. The van der Waals surface area contributed by atoms with Crippen LogP contribution in [0.5, 0.6) is 5.75 Å². The number of aromatic nitrogens is 2. The number of amides is 1. The number of methoxy groups -OCH3 is 1. The third-order valence-corrected chi connectivity index (χ3v) is 6.85. The number of carbonyl (C=O) groups excluding carboxylic acids is 1. The van der Waals surface area contributed by atoms with Gasteiger partial charge in [-0.05, 0) is 36.9 Å². The van der Waals surface area contributed by atoms with Crippen LogP contribution in [0.1, 0.15) is 23.0 Å². The molecular formula is C24H28N4O3. The number of hydrogen-bond acceptors (Lipinski definition) is 5. The van der Waals surface area contributed by atoms with E-state index >= 15 is 0 Å². The van der Waals surface area contributed by atoms with Crippen LogP contribution in [-0.4, -0.2) is 70.8 Å². The van der Waals surface area contributed by atoms with Crippen molar-refractivity contribution in [3.05, 3.63) is 59.5 Å². The van der Waals surface area contributed by atoms with Crippen LogP contribution in [-0.2, 0) is 23.7 Å². The number of fused-ring (bicyclic) bond motifs is 4. The first-order valence-corrected chi connectivity index (χ1v) is 10.6. The molecule has 0 unspecified atom stereocenters. The fraction of sp³-hybridized carbons (Fsp3) is 0.417. The maximum Gasteiger partial charge on any atom is 0.229 e. The lowest BCUT2D eigenvalue weighted by atomic mass is 9.69. The van der Waals surface area contributed by atoms with Crippen molar-refractivity contribution in [2.75, 3.05) is 40.4 Å². The van der Waals surface area contributed by atoms with Crippen molar-refractivity contribution in [1.29, 1.82) is 0 Å². The first kappa shape index (κ1) is 20.0. The molecule has 1 atom stereocenters. The molecular weight excluding hydrogens is 392 g/mol. The van der Waals surface area contributed by atoms with Crippen molar-refractivity contribution in [1.82, 2.24) is 19.4 Å². The number of aryl methyl sites for hydroxylation is 1. The van der Waals surface area contributed by atoms with E-state index in [1.54, 1.807) is 13.3 Å². The van der Waals surface area contributed by atoms with E-state index in [1.807, 2.05) is 42.3 Å². The van der Waals surface area contributed by atoms with E-state index in [1.165, 1.54) is 10.9 Å². The van der Waals surface area contributed by atoms with E-state index in [0.717, 1.165) is 35.7 Å². The van der Waals surface area contributed by atoms with Gasteiger partial charge < -0.3 is 24.2 Å². The molecule has 0 radical (unpaired) electrons. The number of rotatable bonds is 4. The summed E-state index contributed by atoms with van der Waals surface area (Å²) in [5, 5.41) is 11.6. The Bertz CT molecular complexity index is 1130. The minimum atomic E-state index is -0.383. The summed E-state index contributed by atoms with van der Waals surface area (Å²) in [5.74, 6) is 0.800. The summed E-state index contributed by atoms with van der Waals surface area (Å²) in [4.78, 5) is 21.9. The van der Waals surface area contributed by atoms with Gasteiger partial charge >= 0.3 is 0 Å². The Balaban J connectivity index is 1.63. The maximum atomic E-state index is 13.4. The number of carbonyl (C=O) groups is 1. The van der Waals surface area contributed by atoms with Crippen LogP contribution in [0.4, 0.5) is 0 Å². The fourth-order valence-corrected chi connectivity index (χ4v) is 5.62. The second kappa shape index (κ2) is 7.35. The number of ether oxygens (including phenoxy) is 1. The molecule has 7 heteroatoms. The lowest BCUT2D eigenvalue weighted by molar-refractivity contribution is -0.138. The number of benzene rings is 1. The number of hydrogen-bond donors (Lipinski definition) is 1. The molecule has 2 aliphatic heterocycles. The van der Waals surface area contributed by atoms with E-state index in [4.69, 9.17) is 4.74 Å². The van der Waals surface area contributed by atoms with Crippen LogP contribution in [0.3, 0.4) is 0 Å². The molecule has 31 heavy (non-hydrogen) atoms. The molecule has 1 aromatic carbocycles. The molecule has 4 heterocycles. The molecule has 7 nitrogen and oxygen atoms in total. The van der Waals surface area contributed by atoms with Gasteiger partial charge in [0.25, 0.3) is 0 Å². The third kappa shape index (κ3) is 3.03. The smallest absolute Gasteiger partial charge is 0.229 e. The zero-order chi connectivity index (χ0) is 21.8. The molecule has 1 N–H and O–H groups in total. The molecule has 162 valence electrons. The van der Waals surface area contributed by atoms with Crippen molar-refractivity contribution >= 4 is 16.8 Å². The Hall–Kier alpha value is -2.90. The highest BCUT2D eigenvalue weighted by Gasteiger charge is 2.53. The SMILES string of the molecule is COc1ccc2c3c(n(C)c2c1)[C@@H](CO)N(C(=O)Cc1ccccn1)CC31CN(C)C1. The third-order valence-electron chi connectivity index (χ3n) is 6.85. The highest BCUT2D eigenvalue weighted by atomic mass is 16.5. The molecule has 2 aliphatic rings. The van der Waals surface area contributed by atoms with E-state index in [9.17, 15) is 9.90 Å². The zero-order valence-corrected chi connectivity index (χ0v) is 18.2. The van der Waals surface area contributed by atoms with Gasteiger partial charge in [0.2, 0.25) is 5.91 Å². The first-order valence-electron chi connectivity index (χ1n) is 10.6. The molecule has 0 aliphatic carbocycles. The molecule has 3 aromatic rings. The fourth-order valence-electron chi connectivity index (χ4n) is 5.62. The van der Waals surface area contributed by atoms with Gasteiger partial charge in [-0.2, -0.15) is 0 Å². The number of likely N-dealkylation sites (N-methyl/N-ethyl adjacent to an activating group) is 1.